The monoisotopic (exact) mass is 491 g/mol. The van der Waals surface area contributed by atoms with Gasteiger partial charge in [-0.1, -0.05) is 0 Å². The summed E-state index contributed by atoms with van der Waals surface area (Å²) >= 11 is 0. The summed E-state index contributed by atoms with van der Waals surface area (Å²) in [5.41, 5.74) is -1.62. The van der Waals surface area contributed by atoms with E-state index >= 15 is 0 Å². The summed E-state index contributed by atoms with van der Waals surface area (Å²) in [5, 5.41) is 46.3. The highest BCUT2D eigenvalue weighted by molar-refractivity contribution is 5.92. The third-order valence-electron chi connectivity index (χ3n) is 5.00. The molecule has 0 fully saturated rings. The lowest BCUT2D eigenvalue weighted by molar-refractivity contribution is -0.395. The molecule has 0 spiro atoms. The van der Waals surface area contributed by atoms with Gasteiger partial charge in [-0.3, -0.25) is 45.3 Å². The number of fused-ring (bicyclic) bond motifs is 3. The molecule has 1 aliphatic rings. The van der Waals surface area contributed by atoms with Crippen molar-refractivity contribution < 1.29 is 34.1 Å². The van der Waals surface area contributed by atoms with Gasteiger partial charge in [0.05, 0.1) is 55.1 Å². The van der Waals surface area contributed by atoms with Crippen molar-refractivity contribution in [1.82, 2.24) is 5.48 Å². The highest BCUT2D eigenvalue weighted by atomic mass is 16.7. The normalized spacial score (nSPS) is 13.1. The lowest BCUT2D eigenvalue weighted by Gasteiger charge is -2.19. The zero-order valence-electron chi connectivity index (χ0n) is 18.3. The largest absolute Gasteiger partial charge is 0.461 e. The van der Waals surface area contributed by atoms with E-state index in [9.17, 15) is 45.3 Å². The summed E-state index contributed by atoms with van der Waals surface area (Å²) < 4.78 is 5.01. The number of hydrogen-bond acceptors (Lipinski definition) is 12. The van der Waals surface area contributed by atoms with Gasteiger partial charge < -0.3 is 4.74 Å². The van der Waals surface area contributed by atoms with Crippen molar-refractivity contribution >= 4 is 28.7 Å². The standard InChI is InChI=1S/C19H17N5O11/c1-8(2)34-19(25)9(3)35-20-18-12-4-10(21(26)27)6-14(23(30)31)16(12)17-13(18)5-11(22(28)29)7-15(17)24(32)33/h4-9,18,20H,1-3H3/t9-/m0/s1. The van der Waals surface area contributed by atoms with E-state index < -0.39 is 66.7 Å². The van der Waals surface area contributed by atoms with Gasteiger partial charge in [-0.2, -0.15) is 5.48 Å². The van der Waals surface area contributed by atoms with Crippen molar-refractivity contribution in [1.29, 1.82) is 0 Å². The molecule has 184 valence electrons. The lowest BCUT2D eigenvalue weighted by Crippen LogP contribution is -2.33. The Bertz CT molecular complexity index is 1190. The first kappa shape index (κ1) is 25.1. The number of nitrogens with zero attached hydrogens (tertiary/aromatic N) is 4. The summed E-state index contributed by atoms with van der Waals surface area (Å²) in [6.45, 7) is 4.50. The number of hydroxylamine groups is 1. The van der Waals surface area contributed by atoms with Gasteiger partial charge in [0, 0.05) is 12.1 Å². The Morgan fingerprint density at radius 2 is 1.23 bits per heavy atom. The third kappa shape index (κ3) is 4.73. The molecule has 0 aromatic heterocycles. The molecule has 35 heavy (non-hydrogen) atoms. The van der Waals surface area contributed by atoms with Crippen LogP contribution in [-0.4, -0.2) is 37.9 Å². The Morgan fingerprint density at radius 3 is 1.57 bits per heavy atom. The molecule has 3 rings (SSSR count). The van der Waals surface area contributed by atoms with Crippen LogP contribution in [0.2, 0.25) is 0 Å². The van der Waals surface area contributed by atoms with E-state index in [1.807, 2.05) is 0 Å². The molecular formula is C19H17N5O11. The highest BCUT2D eigenvalue weighted by Gasteiger charge is 2.43. The van der Waals surface area contributed by atoms with Crippen LogP contribution in [0, 0.1) is 40.5 Å². The number of nitrogens with one attached hydrogen (secondary N) is 1. The number of benzene rings is 2. The molecule has 0 heterocycles. The number of non-ortho nitro benzene ring substituents is 2. The number of carbonyl (C=O) groups is 1. The summed E-state index contributed by atoms with van der Waals surface area (Å²) in [6.07, 6.45) is -1.72. The predicted octanol–water partition coefficient (Wildman–Crippen LogP) is 3.25. The van der Waals surface area contributed by atoms with Gasteiger partial charge >= 0.3 is 5.97 Å². The molecule has 0 bridgehead atoms. The zero-order valence-corrected chi connectivity index (χ0v) is 18.3. The van der Waals surface area contributed by atoms with Crippen LogP contribution < -0.4 is 5.48 Å². The number of nitro benzene ring substituents is 4. The molecule has 16 heteroatoms. The van der Waals surface area contributed by atoms with E-state index in [4.69, 9.17) is 9.57 Å². The van der Waals surface area contributed by atoms with Crippen LogP contribution in [-0.2, 0) is 14.4 Å². The van der Waals surface area contributed by atoms with E-state index in [1.165, 1.54) is 6.92 Å². The zero-order chi connectivity index (χ0) is 26.2. The van der Waals surface area contributed by atoms with E-state index in [0.29, 0.717) is 12.1 Å². The van der Waals surface area contributed by atoms with Gasteiger partial charge in [0.15, 0.2) is 6.10 Å². The second-order valence-electron chi connectivity index (χ2n) is 7.68. The first-order valence-corrected chi connectivity index (χ1v) is 9.88. The molecule has 0 saturated carbocycles. The Morgan fingerprint density at radius 1 is 0.800 bits per heavy atom. The molecular weight excluding hydrogens is 474 g/mol. The lowest BCUT2D eigenvalue weighted by atomic mass is 10.0. The van der Waals surface area contributed by atoms with Crippen LogP contribution in [0.15, 0.2) is 24.3 Å². The van der Waals surface area contributed by atoms with Gasteiger partial charge in [0.25, 0.3) is 22.7 Å². The second kappa shape index (κ2) is 9.35. The van der Waals surface area contributed by atoms with Crippen LogP contribution in [0.1, 0.15) is 37.9 Å². The molecule has 0 saturated heterocycles. The molecule has 1 N–H and O–H groups in total. The Labute approximate surface area is 195 Å². The van der Waals surface area contributed by atoms with E-state index in [1.54, 1.807) is 13.8 Å². The van der Waals surface area contributed by atoms with Gasteiger partial charge in [-0.25, -0.2) is 4.79 Å². The second-order valence-corrected chi connectivity index (χ2v) is 7.68. The maximum Gasteiger partial charge on any atom is 0.337 e. The van der Waals surface area contributed by atoms with Crippen LogP contribution in [0.3, 0.4) is 0 Å². The van der Waals surface area contributed by atoms with Gasteiger partial charge in [0.2, 0.25) is 0 Å². The summed E-state index contributed by atoms with van der Waals surface area (Å²) in [7, 11) is 0. The van der Waals surface area contributed by atoms with Crippen molar-refractivity contribution in [2.75, 3.05) is 0 Å². The summed E-state index contributed by atoms with van der Waals surface area (Å²) in [4.78, 5) is 60.0. The molecule has 2 aromatic carbocycles. The Balaban J connectivity index is 2.25. The van der Waals surface area contributed by atoms with Gasteiger partial charge in [-0.05, 0) is 31.9 Å². The Hall–Kier alpha value is -4.57. The third-order valence-corrected chi connectivity index (χ3v) is 5.00. The van der Waals surface area contributed by atoms with Crippen LogP contribution in [0.4, 0.5) is 22.7 Å². The number of esters is 1. The molecule has 1 atom stereocenters. The van der Waals surface area contributed by atoms with Crippen molar-refractivity contribution in [3.8, 4) is 11.1 Å². The maximum atomic E-state index is 12.1. The average Bonchev–Trinajstić information content (AvgIpc) is 3.08. The molecule has 16 nitrogen and oxygen atoms in total. The van der Waals surface area contributed by atoms with Gasteiger partial charge in [-0.15, -0.1) is 0 Å². The van der Waals surface area contributed by atoms with E-state index in [2.05, 4.69) is 5.48 Å². The smallest absolute Gasteiger partial charge is 0.337 e. The van der Waals surface area contributed by atoms with Crippen LogP contribution in [0.5, 0.6) is 0 Å². The fourth-order valence-corrected chi connectivity index (χ4v) is 3.61. The fourth-order valence-electron chi connectivity index (χ4n) is 3.61. The van der Waals surface area contributed by atoms with Gasteiger partial charge in [0.1, 0.15) is 0 Å². The minimum atomic E-state index is -1.37. The van der Waals surface area contributed by atoms with Crippen molar-refractivity contribution in [3.63, 3.8) is 0 Å². The SMILES string of the molecule is CC(C)OC(=O)[C@H](C)ONC1c2cc([N+](=O)[O-])cc([N+](=O)[O-])c2-c2c1cc([N+](=O)[O-])cc2[N+](=O)[O-]. The van der Waals surface area contributed by atoms with Crippen LogP contribution >= 0.6 is 0 Å². The molecule has 0 amide bonds. The average molecular weight is 491 g/mol. The number of ether oxygens (including phenoxy) is 1. The molecule has 0 aliphatic heterocycles. The Kier molecular flexibility index (Phi) is 6.70. The first-order valence-electron chi connectivity index (χ1n) is 9.88. The molecule has 0 unspecified atom stereocenters. The molecule has 2 aromatic rings. The molecule has 1 aliphatic carbocycles. The summed E-state index contributed by atoms with van der Waals surface area (Å²) in [5.74, 6) is -0.791. The van der Waals surface area contributed by atoms with Crippen molar-refractivity contribution in [3.05, 3.63) is 75.8 Å². The summed E-state index contributed by atoms with van der Waals surface area (Å²) in [6, 6.07) is 1.79. The van der Waals surface area contributed by atoms with E-state index in [0.717, 1.165) is 12.1 Å². The minimum absolute atomic E-state index is 0.172. The fraction of sp³-hybridized carbons (Fsp3) is 0.316. The molecule has 0 radical (unpaired) electrons. The predicted molar refractivity (Wildman–Crippen MR) is 115 cm³/mol. The highest BCUT2D eigenvalue weighted by Crippen LogP contribution is 2.54. The van der Waals surface area contributed by atoms with Crippen molar-refractivity contribution in [2.45, 2.75) is 39.0 Å². The minimum Gasteiger partial charge on any atom is -0.461 e. The quantitative estimate of drug-likeness (QED) is 0.303. The van der Waals surface area contributed by atoms with Crippen molar-refractivity contribution in [2.24, 2.45) is 0 Å². The van der Waals surface area contributed by atoms with Crippen LogP contribution in [0.25, 0.3) is 11.1 Å². The first-order chi connectivity index (χ1) is 16.3. The topological polar surface area (TPSA) is 220 Å². The number of hydrogen-bond donors (Lipinski definition) is 1. The number of carbonyl (C=O) groups excluding carboxylic acids is 1. The van der Waals surface area contributed by atoms with E-state index in [-0.39, 0.29) is 22.3 Å². The maximum absolute atomic E-state index is 12.1. The number of nitro groups is 4. The number of rotatable bonds is 9.